The number of aromatic hydroxyl groups is 1. The van der Waals surface area contributed by atoms with Crippen LogP contribution in [0.25, 0.3) is 11.3 Å². The Kier molecular flexibility index (Phi) is 5.10. The largest absolute Gasteiger partial charge is 0.508 e. The van der Waals surface area contributed by atoms with Crippen LogP contribution in [0.4, 0.5) is 5.82 Å². The predicted molar refractivity (Wildman–Crippen MR) is 106 cm³/mol. The Hall–Kier alpha value is -2.43. The Morgan fingerprint density at radius 3 is 2.78 bits per heavy atom. The highest BCUT2D eigenvalue weighted by Gasteiger charge is 2.23. The Bertz CT molecular complexity index is 857. The number of rotatable bonds is 4. The molecule has 2 aliphatic rings. The van der Waals surface area contributed by atoms with E-state index >= 15 is 0 Å². The fourth-order valence-electron chi connectivity index (χ4n) is 4.42. The summed E-state index contributed by atoms with van der Waals surface area (Å²) in [6, 6.07) is 5.46. The molecule has 1 heterocycles. The van der Waals surface area contributed by atoms with Gasteiger partial charge >= 0.3 is 0 Å². The van der Waals surface area contributed by atoms with Crippen LogP contribution in [0.15, 0.2) is 18.2 Å². The van der Waals surface area contributed by atoms with Gasteiger partial charge in [-0.2, -0.15) is 0 Å². The quantitative estimate of drug-likeness (QED) is 0.841. The van der Waals surface area contributed by atoms with Gasteiger partial charge in [-0.1, -0.05) is 32.1 Å². The van der Waals surface area contributed by atoms with Gasteiger partial charge in [0.1, 0.15) is 5.75 Å². The first kappa shape index (κ1) is 18.0. The van der Waals surface area contributed by atoms with Crippen molar-refractivity contribution in [3.05, 3.63) is 35.2 Å². The van der Waals surface area contributed by atoms with Crippen molar-refractivity contribution < 1.29 is 9.90 Å². The third kappa shape index (κ3) is 3.97. The van der Waals surface area contributed by atoms with Crippen LogP contribution in [-0.2, 0) is 24.1 Å². The third-order valence-electron chi connectivity index (χ3n) is 5.82. The molecule has 142 valence electrons. The molecule has 1 aromatic heterocycles. The summed E-state index contributed by atoms with van der Waals surface area (Å²) in [5.41, 5.74) is 4.88. The molecule has 27 heavy (non-hydrogen) atoms. The molecule has 0 atom stereocenters. The molecular weight excluding hydrogens is 338 g/mol. The maximum Gasteiger partial charge on any atom is 0.222 e. The second-order valence-corrected chi connectivity index (χ2v) is 7.88. The van der Waals surface area contributed by atoms with E-state index in [1.54, 1.807) is 6.07 Å². The van der Waals surface area contributed by atoms with Crippen LogP contribution in [0.1, 0.15) is 62.4 Å². The summed E-state index contributed by atoms with van der Waals surface area (Å²) >= 11 is 0. The average Bonchev–Trinajstić information content (AvgIpc) is 2.66. The first-order valence-corrected chi connectivity index (χ1v) is 10.1. The number of nitrogens with one attached hydrogen (secondary N) is 1. The van der Waals surface area contributed by atoms with Crippen LogP contribution in [0.5, 0.6) is 5.75 Å². The van der Waals surface area contributed by atoms with Crippen molar-refractivity contribution in [2.75, 3.05) is 5.32 Å². The van der Waals surface area contributed by atoms with E-state index in [-0.39, 0.29) is 11.7 Å². The second kappa shape index (κ2) is 7.67. The first-order chi connectivity index (χ1) is 13.1. The lowest BCUT2D eigenvalue weighted by Gasteiger charge is -2.23. The van der Waals surface area contributed by atoms with Gasteiger partial charge in [0.05, 0.1) is 17.1 Å². The Morgan fingerprint density at radius 1 is 1.19 bits per heavy atom. The standard InChI is InChI=1S/C22H27N3O2/c1-14(26)23-22-20(11-7-15-5-3-2-4-6-15)24-21-18-10-9-17(27)13-16(18)8-12-19(21)25-22/h9-10,13,15,27H,2-8,11-12H2,1H3,(H,23,25,26). The molecule has 1 amide bonds. The molecule has 0 spiro atoms. The Labute approximate surface area is 160 Å². The minimum Gasteiger partial charge on any atom is -0.508 e. The van der Waals surface area contributed by atoms with Crippen molar-refractivity contribution >= 4 is 11.7 Å². The topological polar surface area (TPSA) is 75.1 Å². The van der Waals surface area contributed by atoms with Gasteiger partial charge in [0.25, 0.3) is 0 Å². The molecule has 1 fully saturated rings. The fourth-order valence-corrected chi connectivity index (χ4v) is 4.42. The number of hydrogen-bond donors (Lipinski definition) is 2. The van der Waals surface area contributed by atoms with Gasteiger partial charge in [-0.25, -0.2) is 9.97 Å². The monoisotopic (exact) mass is 365 g/mol. The van der Waals surface area contributed by atoms with Crippen molar-refractivity contribution in [1.29, 1.82) is 0 Å². The van der Waals surface area contributed by atoms with E-state index in [2.05, 4.69) is 5.32 Å². The summed E-state index contributed by atoms with van der Waals surface area (Å²) in [7, 11) is 0. The number of fused-ring (bicyclic) bond motifs is 3. The summed E-state index contributed by atoms with van der Waals surface area (Å²) in [6.07, 6.45) is 10.2. The summed E-state index contributed by atoms with van der Waals surface area (Å²) < 4.78 is 0. The van der Waals surface area contributed by atoms with Crippen LogP contribution in [-0.4, -0.2) is 21.0 Å². The number of nitrogens with zero attached hydrogens (tertiary/aromatic N) is 2. The second-order valence-electron chi connectivity index (χ2n) is 7.88. The maximum atomic E-state index is 11.7. The van der Waals surface area contributed by atoms with E-state index < -0.39 is 0 Å². The molecule has 5 heteroatoms. The third-order valence-corrected chi connectivity index (χ3v) is 5.82. The highest BCUT2D eigenvalue weighted by molar-refractivity contribution is 5.88. The number of aromatic nitrogens is 2. The number of carbonyl (C=O) groups excluding carboxylic acids is 1. The van der Waals surface area contributed by atoms with E-state index in [4.69, 9.17) is 9.97 Å². The summed E-state index contributed by atoms with van der Waals surface area (Å²) in [5, 5.41) is 12.7. The van der Waals surface area contributed by atoms with Crippen molar-refractivity contribution in [3.63, 3.8) is 0 Å². The van der Waals surface area contributed by atoms with Crippen LogP contribution >= 0.6 is 0 Å². The number of aryl methyl sites for hydroxylation is 3. The highest BCUT2D eigenvalue weighted by atomic mass is 16.3. The Balaban J connectivity index is 1.66. The fraction of sp³-hybridized carbons (Fsp3) is 0.500. The number of amides is 1. The maximum absolute atomic E-state index is 11.7. The van der Waals surface area contributed by atoms with Gasteiger partial charge in [0, 0.05) is 12.5 Å². The van der Waals surface area contributed by atoms with Crippen molar-refractivity contribution in [2.24, 2.45) is 5.92 Å². The van der Waals surface area contributed by atoms with Gasteiger partial charge in [-0.3, -0.25) is 4.79 Å². The number of benzene rings is 1. The van der Waals surface area contributed by atoms with Gasteiger partial charge in [-0.15, -0.1) is 0 Å². The molecule has 2 N–H and O–H groups in total. The van der Waals surface area contributed by atoms with Crippen LogP contribution in [0, 0.1) is 5.92 Å². The van der Waals surface area contributed by atoms with Crippen molar-refractivity contribution in [3.8, 4) is 17.0 Å². The smallest absolute Gasteiger partial charge is 0.222 e. The van der Waals surface area contributed by atoms with E-state index in [0.717, 1.165) is 59.8 Å². The van der Waals surface area contributed by atoms with Crippen molar-refractivity contribution in [2.45, 2.75) is 64.7 Å². The molecular formula is C22H27N3O2. The summed E-state index contributed by atoms with van der Waals surface area (Å²) in [6.45, 7) is 1.52. The molecule has 0 saturated heterocycles. The molecule has 1 saturated carbocycles. The van der Waals surface area contributed by atoms with Crippen LogP contribution in [0.2, 0.25) is 0 Å². The average molecular weight is 365 g/mol. The van der Waals surface area contributed by atoms with Gasteiger partial charge in [0.2, 0.25) is 5.91 Å². The van der Waals surface area contributed by atoms with Gasteiger partial charge in [-0.05, 0) is 55.4 Å². The lowest BCUT2D eigenvalue weighted by atomic mass is 9.85. The predicted octanol–water partition coefficient (Wildman–Crippen LogP) is 4.42. The summed E-state index contributed by atoms with van der Waals surface area (Å²) in [5.74, 6) is 1.56. The molecule has 1 aromatic carbocycles. The lowest BCUT2D eigenvalue weighted by molar-refractivity contribution is -0.114. The molecule has 0 unspecified atom stereocenters. The van der Waals surface area contributed by atoms with Gasteiger partial charge < -0.3 is 10.4 Å². The number of anilines is 1. The number of carbonyl (C=O) groups is 1. The number of phenols is 1. The van der Waals surface area contributed by atoms with E-state index in [1.165, 1.54) is 39.0 Å². The molecule has 4 rings (SSSR count). The SMILES string of the molecule is CC(=O)Nc1nc2c(nc1CCC1CCCCC1)-c1ccc(O)cc1CC2. The van der Waals surface area contributed by atoms with E-state index in [9.17, 15) is 9.90 Å². The molecule has 0 aliphatic heterocycles. The molecule has 2 aliphatic carbocycles. The summed E-state index contributed by atoms with van der Waals surface area (Å²) in [4.78, 5) is 21.4. The van der Waals surface area contributed by atoms with E-state index in [0.29, 0.717) is 5.82 Å². The van der Waals surface area contributed by atoms with Crippen molar-refractivity contribution in [1.82, 2.24) is 9.97 Å². The van der Waals surface area contributed by atoms with E-state index in [1.807, 2.05) is 12.1 Å². The Morgan fingerprint density at radius 2 is 2.00 bits per heavy atom. The van der Waals surface area contributed by atoms with Crippen LogP contribution in [0.3, 0.4) is 0 Å². The molecule has 0 bridgehead atoms. The first-order valence-electron chi connectivity index (χ1n) is 10.1. The highest BCUT2D eigenvalue weighted by Crippen LogP contribution is 2.35. The number of phenolic OH excluding ortho intramolecular Hbond substituents is 1. The molecule has 2 aromatic rings. The zero-order chi connectivity index (χ0) is 18.8. The zero-order valence-corrected chi connectivity index (χ0v) is 15.9. The normalized spacial score (nSPS) is 16.5. The van der Waals surface area contributed by atoms with Gasteiger partial charge in [0.15, 0.2) is 5.82 Å². The lowest BCUT2D eigenvalue weighted by Crippen LogP contribution is -2.17. The minimum atomic E-state index is -0.107. The zero-order valence-electron chi connectivity index (χ0n) is 15.9. The van der Waals surface area contributed by atoms with Crippen LogP contribution < -0.4 is 5.32 Å². The number of hydrogen-bond acceptors (Lipinski definition) is 4. The molecule has 5 nitrogen and oxygen atoms in total. The minimum absolute atomic E-state index is 0.107. The molecule has 0 radical (unpaired) electrons.